The minimum Gasteiger partial charge on any atom is -0.489 e. The molecule has 22 heavy (non-hydrogen) atoms. The zero-order valence-electron chi connectivity index (χ0n) is 12.0. The Morgan fingerprint density at radius 1 is 1.09 bits per heavy atom. The van der Waals surface area contributed by atoms with E-state index in [1.54, 1.807) is 30.3 Å². The third-order valence-corrected chi connectivity index (χ3v) is 3.39. The molecular weight excluding hydrogens is 280 g/mol. The maximum atomic E-state index is 11.6. The van der Waals surface area contributed by atoms with E-state index in [2.05, 4.69) is 0 Å². The fraction of sp³-hybridized carbons (Fsp3) is 0.111. The van der Waals surface area contributed by atoms with E-state index in [1.165, 1.54) is 6.07 Å². The third kappa shape index (κ3) is 2.91. The van der Waals surface area contributed by atoms with Crippen LogP contribution in [0.4, 0.5) is 0 Å². The lowest BCUT2D eigenvalue weighted by molar-refractivity contribution is 0.112. The van der Waals surface area contributed by atoms with E-state index < -0.39 is 5.63 Å². The molecule has 0 fully saturated rings. The first-order valence-electron chi connectivity index (χ1n) is 6.87. The topological polar surface area (TPSA) is 56.5 Å². The molecule has 110 valence electrons. The van der Waals surface area contributed by atoms with Gasteiger partial charge in [-0.05, 0) is 43.3 Å². The molecule has 4 heteroatoms. The number of aryl methyl sites for hydroxylation is 1. The summed E-state index contributed by atoms with van der Waals surface area (Å²) < 4.78 is 10.9. The monoisotopic (exact) mass is 294 g/mol. The number of benzene rings is 2. The zero-order valence-corrected chi connectivity index (χ0v) is 12.0. The second kappa shape index (κ2) is 5.85. The van der Waals surface area contributed by atoms with Crippen LogP contribution in [0.2, 0.25) is 0 Å². The van der Waals surface area contributed by atoms with Gasteiger partial charge in [0.05, 0.1) is 0 Å². The molecule has 1 heterocycles. The smallest absolute Gasteiger partial charge is 0.336 e. The molecule has 1 aromatic heterocycles. The van der Waals surface area contributed by atoms with Crippen molar-refractivity contribution in [3.05, 3.63) is 75.6 Å². The summed E-state index contributed by atoms with van der Waals surface area (Å²) in [5, 5.41) is 0.865. The number of carbonyl (C=O) groups is 1. The van der Waals surface area contributed by atoms with Gasteiger partial charge in [-0.25, -0.2) is 4.79 Å². The lowest BCUT2D eigenvalue weighted by atomic mass is 10.1. The highest BCUT2D eigenvalue weighted by Gasteiger charge is 2.07. The summed E-state index contributed by atoms with van der Waals surface area (Å²) in [6.07, 6.45) is 0.780. The van der Waals surface area contributed by atoms with E-state index in [4.69, 9.17) is 9.15 Å². The zero-order chi connectivity index (χ0) is 15.5. The van der Waals surface area contributed by atoms with E-state index in [0.717, 1.165) is 22.8 Å². The Balaban J connectivity index is 1.90. The van der Waals surface area contributed by atoms with Gasteiger partial charge in [-0.3, -0.25) is 4.79 Å². The molecule has 2 aromatic carbocycles. The molecule has 0 spiro atoms. The molecule has 3 rings (SSSR count). The highest BCUT2D eigenvalue weighted by atomic mass is 16.5. The van der Waals surface area contributed by atoms with Crippen molar-refractivity contribution in [2.24, 2.45) is 0 Å². The van der Waals surface area contributed by atoms with Crippen molar-refractivity contribution < 1.29 is 13.9 Å². The Morgan fingerprint density at radius 2 is 1.86 bits per heavy atom. The number of hydrogen-bond acceptors (Lipinski definition) is 4. The van der Waals surface area contributed by atoms with Crippen LogP contribution in [0.1, 0.15) is 21.5 Å². The SMILES string of the molecule is Cc1ccc2oc(=O)cc(COc3ccc(C=O)cc3)c2c1. The number of rotatable bonds is 4. The van der Waals surface area contributed by atoms with E-state index in [1.807, 2.05) is 19.1 Å². The Labute approximate surface area is 127 Å². The summed E-state index contributed by atoms with van der Waals surface area (Å²) >= 11 is 0. The fourth-order valence-electron chi connectivity index (χ4n) is 2.26. The minimum absolute atomic E-state index is 0.256. The molecule has 4 nitrogen and oxygen atoms in total. The van der Waals surface area contributed by atoms with Crippen LogP contribution < -0.4 is 10.4 Å². The van der Waals surface area contributed by atoms with Gasteiger partial charge >= 0.3 is 5.63 Å². The molecule has 3 aromatic rings. The van der Waals surface area contributed by atoms with Crippen LogP contribution in [0.25, 0.3) is 11.0 Å². The van der Waals surface area contributed by atoms with Crippen LogP contribution in [0.5, 0.6) is 5.75 Å². The lowest BCUT2D eigenvalue weighted by Gasteiger charge is -2.09. The van der Waals surface area contributed by atoms with Crippen molar-refractivity contribution in [2.75, 3.05) is 0 Å². The normalized spacial score (nSPS) is 10.6. The maximum Gasteiger partial charge on any atom is 0.336 e. The number of aldehydes is 1. The first-order valence-corrected chi connectivity index (χ1v) is 6.87. The summed E-state index contributed by atoms with van der Waals surface area (Å²) in [7, 11) is 0. The average Bonchev–Trinajstić information content (AvgIpc) is 2.53. The predicted octanol–water partition coefficient (Wildman–Crippen LogP) is 3.49. The lowest BCUT2D eigenvalue weighted by Crippen LogP contribution is -2.04. The van der Waals surface area contributed by atoms with Crippen LogP contribution in [0, 0.1) is 6.92 Å². The molecule has 0 amide bonds. The quantitative estimate of drug-likeness (QED) is 0.546. The first kappa shape index (κ1) is 14.1. The van der Waals surface area contributed by atoms with Crippen molar-refractivity contribution in [1.29, 1.82) is 0 Å². The summed E-state index contributed by atoms with van der Waals surface area (Å²) in [6, 6.07) is 13.9. The second-order valence-electron chi connectivity index (χ2n) is 5.07. The predicted molar refractivity (Wildman–Crippen MR) is 83.4 cm³/mol. The summed E-state index contributed by atoms with van der Waals surface area (Å²) in [6.45, 7) is 2.24. The number of fused-ring (bicyclic) bond motifs is 1. The second-order valence-corrected chi connectivity index (χ2v) is 5.07. The van der Waals surface area contributed by atoms with Gasteiger partial charge in [0.25, 0.3) is 0 Å². The largest absolute Gasteiger partial charge is 0.489 e. The molecule has 0 unspecified atom stereocenters. The van der Waals surface area contributed by atoms with Crippen LogP contribution >= 0.6 is 0 Å². The molecule has 0 aliphatic heterocycles. The molecule has 0 saturated carbocycles. The van der Waals surface area contributed by atoms with Gasteiger partial charge in [-0.1, -0.05) is 11.6 Å². The van der Waals surface area contributed by atoms with Crippen LogP contribution in [-0.4, -0.2) is 6.29 Å². The van der Waals surface area contributed by atoms with Gasteiger partial charge in [0.2, 0.25) is 0 Å². The molecule has 0 aliphatic rings. The third-order valence-electron chi connectivity index (χ3n) is 3.39. The number of ether oxygens (including phenoxy) is 1. The Bertz CT molecular complexity index is 876. The molecule has 0 saturated heterocycles. The summed E-state index contributed by atoms with van der Waals surface area (Å²) in [5.74, 6) is 0.639. The van der Waals surface area contributed by atoms with Gasteiger partial charge in [-0.2, -0.15) is 0 Å². The van der Waals surface area contributed by atoms with E-state index in [0.29, 0.717) is 16.9 Å². The summed E-state index contributed by atoms with van der Waals surface area (Å²) in [5.41, 5.74) is 2.60. The summed E-state index contributed by atoms with van der Waals surface area (Å²) in [4.78, 5) is 22.2. The highest BCUT2D eigenvalue weighted by Crippen LogP contribution is 2.20. The van der Waals surface area contributed by atoms with Crippen molar-refractivity contribution in [2.45, 2.75) is 13.5 Å². The van der Waals surface area contributed by atoms with Crippen molar-refractivity contribution in [3.63, 3.8) is 0 Å². The Kier molecular flexibility index (Phi) is 3.74. The molecule has 0 bridgehead atoms. The molecule has 0 atom stereocenters. The maximum absolute atomic E-state index is 11.6. The van der Waals surface area contributed by atoms with Crippen molar-refractivity contribution in [1.82, 2.24) is 0 Å². The van der Waals surface area contributed by atoms with Crippen molar-refractivity contribution in [3.8, 4) is 5.75 Å². The number of carbonyl (C=O) groups excluding carboxylic acids is 1. The standard InChI is InChI=1S/C18H14O4/c1-12-2-7-17-16(8-12)14(9-18(20)22-17)11-21-15-5-3-13(10-19)4-6-15/h2-10H,11H2,1H3. The van der Waals surface area contributed by atoms with Crippen molar-refractivity contribution >= 4 is 17.3 Å². The molecular formula is C18H14O4. The minimum atomic E-state index is -0.397. The van der Waals surface area contributed by atoms with Gasteiger partial charge in [-0.15, -0.1) is 0 Å². The highest BCUT2D eigenvalue weighted by molar-refractivity contribution is 5.80. The molecule has 0 aliphatic carbocycles. The Morgan fingerprint density at radius 3 is 2.59 bits per heavy atom. The van der Waals surface area contributed by atoms with Crippen LogP contribution in [-0.2, 0) is 6.61 Å². The fourth-order valence-corrected chi connectivity index (χ4v) is 2.26. The molecule has 0 radical (unpaired) electrons. The molecule has 0 N–H and O–H groups in total. The van der Waals surface area contributed by atoms with Gasteiger partial charge in [0.15, 0.2) is 0 Å². The van der Waals surface area contributed by atoms with Gasteiger partial charge in [0.1, 0.15) is 24.2 Å². The van der Waals surface area contributed by atoms with Crippen LogP contribution in [0.15, 0.2) is 57.7 Å². The Hall–Kier alpha value is -2.88. The first-order chi connectivity index (χ1) is 10.7. The van der Waals surface area contributed by atoms with E-state index in [-0.39, 0.29) is 6.61 Å². The van der Waals surface area contributed by atoms with Crippen LogP contribution in [0.3, 0.4) is 0 Å². The van der Waals surface area contributed by atoms with Gasteiger partial charge in [0, 0.05) is 22.6 Å². The van der Waals surface area contributed by atoms with Gasteiger partial charge < -0.3 is 9.15 Å². The number of hydrogen-bond donors (Lipinski definition) is 0. The average molecular weight is 294 g/mol. The van der Waals surface area contributed by atoms with E-state index in [9.17, 15) is 9.59 Å². The van der Waals surface area contributed by atoms with E-state index >= 15 is 0 Å².